The minimum absolute atomic E-state index is 0.136. The Balaban J connectivity index is 1.78. The molecule has 2 heterocycles. The van der Waals surface area contributed by atoms with Crippen LogP contribution in [0, 0.1) is 0 Å². The molecule has 1 aliphatic rings. The van der Waals surface area contributed by atoms with Crippen LogP contribution in [-0.4, -0.2) is 54.4 Å². The summed E-state index contributed by atoms with van der Waals surface area (Å²) < 4.78 is 1.63. The molecule has 0 aliphatic heterocycles. The fourth-order valence-electron chi connectivity index (χ4n) is 3.12. The molecule has 0 spiro atoms. The molecule has 1 N–H and O–H groups in total. The van der Waals surface area contributed by atoms with Crippen molar-refractivity contribution in [3.05, 3.63) is 29.2 Å². The molecule has 1 fully saturated rings. The number of pyridine rings is 1. The van der Waals surface area contributed by atoms with Gasteiger partial charge in [0.2, 0.25) is 0 Å². The van der Waals surface area contributed by atoms with Crippen molar-refractivity contribution in [1.29, 1.82) is 0 Å². The van der Waals surface area contributed by atoms with Crippen LogP contribution in [0.15, 0.2) is 18.3 Å². The predicted octanol–water partition coefficient (Wildman–Crippen LogP) is 1.84. The van der Waals surface area contributed by atoms with E-state index in [1.165, 1.54) is 32.1 Å². The molecule has 0 unspecified atom stereocenters. The maximum absolute atomic E-state index is 9.39. The van der Waals surface area contributed by atoms with E-state index in [-0.39, 0.29) is 6.61 Å². The molecule has 0 amide bonds. The number of hydrogen-bond donors (Lipinski definition) is 1. The Labute approximate surface area is 140 Å². The standard InChI is InChI=1S/C15H21ClN6O/c16-12-6-7-14(17-10-12)22-15(18-19-20-22)11-21(8-9-23)13-4-2-1-3-5-13/h6-7,10,13,23H,1-5,8-9,11H2. The zero-order chi connectivity index (χ0) is 16.1. The molecule has 3 rings (SSSR count). The summed E-state index contributed by atoms with van der Waals surface area (Å²) in [5.41, 5.74) is 0. The molecular formula is C15H21ClN6O. The second kappa shape index (κ2) is 7.81. The number of aromatic nitrogens is 5. The van der Waals surface area contributed by atoms with Crippen molar-refractivity contribution in [2.24, 2.45) is 0 Å². The van der Waals surface area contributed by atoms with Crippen molar-refractivity contribution >= 4 is 11.6 Å². The summed E-state index contributed by atoms with van der Waals surface area (Å²) in [6.45, 7) is 1.37. The summed E-state index contributed by atoms with van der Waals surface area (Å²) >= 11 is 5.88. The molecule has 0 aromatic carbocycles. The average molecular weight is 337 g/mol. The molecule has 23 heavy (non-hydrogen) atoms. The average Bonchev–Trinajstić information content (AvgIpc) is 3.04. The first-order chi connectivity index (χ1) is 11.3. The van der Waals surface area contributed by atoms with E-state index >= 15 is 0 Å². The zero-order valence-electron chi connectivity index (χ0n) is 13.0. The fraction of sp³-hybridized carbons (Fsp3) is 0.600. The maximum atomic E-state index is 9.39. The zero-order valence-corrected chi connectivity index (χ0v) is 13.7. The highest BCUT2D eigenvalue weighted by molar-refractivity contribution is 6.30. The number of aliphatic hydroxyl groups excluding tert-OH is 1. The van der Waals surface area contributed by atoms with E-state index < -0.39 is 0 Å². The number of hydrogen-bond acceptors (Lipinski definition) is 6. The summed E-state index contributed by atoms with van der Waals surface area (Å²) in [4.78, 5) is 6.54. The summed E-state index contributed by atoms with van der Waals surface area (Å²) in [6.07, 6.45) is 7.71. The topological polar surface area (TPSA) is 80.0 Å². The van der Waals surface area contributed by atoms with Gasteiger partial charge in [0.15, 0.2) is 11.6 Å². The van der Waals surface area contributed by atoms with E-state index in [1.54, 1.807) is 23.0 Å². The summed E-state index contributed by atoms with van der Waals surface area (Å²) in [5.74, 6) is 1.36. The van der Waals surface area contributed by atoms with Crippen LogP contribution in [-0.2, 0) is 6.54 Å². The Kier molecular flexibility index (Phi) is 5.53. The Morgan fingerprint density at radius 3 is 2.78 bits per heavy atom. The summed E-state index contributed by atoms with van der Waals surface area (Å²) in [7, 11) is 0. The van der Waals surface area contributed by atoms with Gasteiger partial charge in [-0.25, -0.2) is 4.98 Å². The normalized spacial score (nSPS) is 16.1. The molecular weight excluding hydrogens is 316 g/mol. The van der Waals surface area contributed by atoms with Crippen molar-refractivity contribution in [1.82, 2.24) is 30.1 Å². The molecule has 8 heteroatoms. The molecule has 0 radical (unpaired) electrons. The molecule has 0 saturated heterocycles. The number of rotatable bonds is 6. The van der Waals surface area contributed by atoms with Gasteiger partial charge in [0.25, 0.3) is 0 Å². The van der Waals surface area contributed by atoms with Crippen molar-refractivity contribution in [2.45, 2.75) is 44.7 Å². The maximum Gasteiger partial charge on any atom is 0.172 e. The van der Waals surface area contributed by atoms with Gasteiger partial charge < -0.3 is 5.11 Å². The van der Waals surface area contributed by atoms with Crippen LogP contribution in [0.4, 0.5) is 0 Å². The Bertz CT molecular complexity index is 611. The molecule has 7 nitrogen and oxygen atoms in total. The van der Waals surface area contributed by atoms with E-state index in [0.717, 1.165) is 5.82 Å². The molecule has 1 saturated carbocycles. The molecule has 0 atom stereocenters. The molecule has 124 valence electrons. The van der Waals surface area contributed by atoms with Crippen molar-refractivity contribution in [3.8, 4) is 5.82 Å². The van der Waals surface area contributed by atoms with Crippen LogP contribution in [0.1, 0.15) is 37.9 Å². The minimum Gasteiger partial charge on any atom is -0.395 e. The van der Waals surface area contributed by atoms with Crippen molar-refractivity contribution in [2.75, 3.05) is 13.2 Å². The number of halogens is 1. The van der Waals surface area contributed by atoms with Gasteiger partial charge in [0, 0.05) is 18.8 Å². The van der Waals surface area contributed by atoms with Crippen LogP contribution >= 0.6 is 11.6 Å². The van der Waals surface area contributed by atoms with E-state index in [1.807, 2.05) is 0 Å². The SMILES string of the molecule is OCCN(Cc1nnnn1-c1ccc(Cl)cn1)C1CCCCC1. The first kappa shape index (κ1) is 16.3. The second-order valence-electron chi connectivity index (χ2n) is 5.83. The van der Waals surface area contributed by atoms with Crippen LogP contribution in [0.5, 0.6) is 0 Å². The largest absolute Gasteiger partial charge is 0.395 e. The number of tetrazole rings is 1. The van der Waals surface area contributed by atoms with Crippen LogP contribution in [0.25, 0.3) is 5.82 Å². The van der Waals surface area contributed by atoms with Gasteiger partial charge >= 0.3 is 0 Å². The minimum atomic E-state index is 0.136. The molecule has 2 aromatic rings. The van der Waals surface area contributed by atoms with Crippen LogP contribution in [0.3, 0.4) is 0 Å². The van der Waals surface area contributed by atoms with Crippen molar-refractivity contribution in [3.63, 3.8) is 0 Å². The van der Waals surface area contributed by atoms with Gasteiger partial charge in [-0.05, 0) is 35.4 Å². The first-order valence-electron chi connectivity index (χ1n) is 8.02. The third-order valence-electron chi connectivity index (χ3n) is 4.29. The van der Waals surface area contributed by atoms with E-state index in [0.29, 0.717) is 30.0 Å². The van der Waals surface area contributed by atoms with Crippen LogP contribution < -0.4 is 0 Å². The van der Waals surface area contributed by atoms with Gasteiger partial charge in [-0.1, -0.05) is 30.9 Å². The third kappa shape index (κ3) is 4.04. The lowest BCUT2D eigenvalue weighted by atomic mass is 9.94. The van der Waals surface area contributed by atoms with Gasteiger partial charge in [-0.15, -0.1) is 5.10 Å². The predicted molar refractivity (Wildman–Crippen MR) is 86.3 cm³/mol. The Morgan fingerprint density at radius 1 is 1.26 bits per heavy atom. The third-order valence-corrected chi connectivity index (χ3v) is 4.51. The molecule has 2 aromatic heterocycles. The highest BCUT2D eigenvalue weighted by Gasteiger charge is 2.23. The smallest absolute Gasteiger partial charge is 0.172 e. The van der Waals surface area contributed by atoms with Gasteiger partial charge in [-0.3, -0.25) is 4.90 Å². The highest BCUT2D eigenvalue weighted by Crippen LogP contribution is 2.23. The lowest BCUT2D eigenvalue weighted by Crippen LogP contribution is -2.39. The Hall–Kier alpha value is -1.57. The fourth-order valence-corrected chi connectivity index (χ4v) is 3.23. The highest BCUT2D eigenvalue weighted by atomic mass is 35.5. The lowest BCUT2D eigenvalue weighted by molar-refractivity contribution is 0.113. The summed E-state index contributed by atoms with van der Waals surface area (Å²) in [5, 5.41) is 21.9. The van der Waals surface area contributed by atoms with Gasteiger partial charge in [0.1, 0.15) is 0 Å². The number of aliphatic hydroxyl groups is 1. The van der Waals surface area contributed by atoms with E-state index in [2.05, 4.69) is 25.4 Å². The molecule has 0 bridgehead atoms. The molecule has 1 aliphatic carbocycles. The first-order valence-corrected chi connectivity index (χ1v) is 8.40. The van der Waals surface area contributed by atoms with Gasteiger partial charge in [-0.2, -0.15) is 4.68 Å². The van der Waals surface area contributed by atoms with Gasteiger partial charge in [0.05, 0.1) is 18.2 Å². The van der Waals surface area contributed by atoms with E-state index in [9.17, 15) is 5.11 Å². The van der Waals surface area contributed by atoms with E-state index in [4.69, 9.17) is 11.6 Å². The lowest BCUT2D eigenvalue weighted by Gasteiger charge is -2.33. The summed E-state index contributed by atoms with van der Waals surface area (Å²) in [6, 6.07) is 4.04. The van der Waals surface area contributed by atoms with Crippen molar-refractivity contribution < 1.29 is 5.11 Å². The Morgan fingerprint density at radius 2 is 2.09 bits per heavy atom. The second-order valence-corrected chi connectivity index (χ2v) is 6.26. The number of nitrogens with zero attached hydrogens (tertiary/aromatic N) is 6. The quantitative estimate of drug-likeness (QED) is 0.867. The van der Waals surface area contributed by atoms with Crippen LogP contribution in [0.2, 0.25) is 5.02 Å². The monoisotopic (exact) mass is 336 g/mol.